The number of hydrogen-bond donors (Lipinski definition) is 1. The predicted octanol–water partition coefficient (Wildman–Crippen LogP) is 1.64. The first-order valence-electron chi connectivity index (χ1n) is 9.49. The van der Waals surface area contributed by atoms with Gasteiger partial charge in [0.25, 0.3) is 5.91 Å². The molecule has 2 heterocycles. The fraction of sp³-hybridized carbons (Fsp3) is 0.944. The SMILES string of the molecule is O=C1N(CC2CCCCC2)CCCC1(O)CN1CCCOCC1. The average molecular weight is 324 g/mol. The lowest BCUT2D eigenvalue weighted by molar-refractivity contribution is -0.160. The predicted molar refractivity (Wildman–Crippen MR) is 89.2 cm³/mol. The quantitative estimate of drug-likeness (QED) is 0.854. The molecule has 5 heteroatoms. The van der Waals surface area contributed by atoms with E-state index in [0.29, 0.717) is 25.5 Å². The van der Waals surface area contributed by atoms with Crippen LogP contribution >= 0.6 is 0 Å². The summed E-state index contributed by atoms with van der Waals surface area (Å²) >= 11 is 0. The van der Waals surface area contributed by atoms with E-state index in [4.69, 9.17) is 4.74 Å². The van der Waals surface area contributed by atoms with E-state index in [1.54, 1.807) is 0 Å². The number of amides is 1. The van der Waals surface area contributed by atoms with Crippen molar-refractivity contribution >= 4 is 5.91 Å². The molecule has 0 aromatic rings. The third kappa shape index (κ3) is 4.46. The van der Waals surface area contributed by atoms with Gasteiger partial charge < -0.3 is 14.7 Å². The summed E-state index contributed by atoms with van der Waals surface area (Å²) in [7, 11) is 0. The molecule has 1 amide bonds. The summed E-state index contributed by atoms with van der Waals surface area (Å²) in [5, 5.41) is 11.0. The number of carbonyl (C=O) groups excluding carboxylic acids is 1. The first-order chi connectivity index (χ1) is 11.2. The zero-order valence-corrected chi connectivity index (χ0v) is 14.3. The summed E-state index contributed by atoms with van der Waals surface area (Å²) in [6, 6.07) is 0. The van der Waals surface area contributed by atoms with Gasteiger partial charge in [-0.15, -0.1) is 0 Å². The Labute approximate surface area is 140 Å². The molecule has 3 fully saturated rings. The van der Waals surface area contributed by atoms with Gasteiger partial charge in [0.2, 0.25) is 0 Å². The third-order valence-electron chi connectivity index (χ3n) is 5.71. The van der Waals surface area contributed by atoms with Crippen molar-refractivity contribution in [3.63, 3.8) is 0 Å². The van der Waals surface area contributed by atoms with Gasteiger partial charge in [0.15, 0.2) is 5.60 Å². The number of piperidine rings is 1. The first kappa shape index (κ1) is 17.2. The number of likely N-dealkylation sites (tertiary alicyclic amines) is 1. The summed E-state index contributed by atoms with van der Waals surface area (Å²) in [6.07, 6.45) is 8.91. The number of aliphatic hydroxyl groups is 1. The lowest BCUT2D eigenvalue weighted by Gasteiger charge is -2.42. The molecule has 1 aliphatic carbocycles. The summed E-state index contributed by atoms with van der Waals surface area (Å²) in [5.74, 6) is 0.612. The van der Waals surface area contributed by atoms with Gasteiger partial charge in [-0.2, -0.15) is 0 Å². The molecule has 2 aliphatic heterocycles. The molecule has 0 aromatic carbocycles. The second-order valence-corrected chi connectivity index (χ2v) is 7.63. The highest BCUT2D eigenvalue weighted by Gasteiger charge is 2.43. The van der Waals surface area contributed by atoms with Crippen molar-refractivity contribution in [2.24, 2.45) is 5.92 Å². The molecule has 1 atom stereocenters. The van der Waals surface area contributed by atoms with Gasteiger partial charge in [-0.25, -0.2) is 0 Å². The number of nitrogens with zero attached hydrogens (tertiary/aromatic N) is 2. The Hall–Kier alpha value is -0.650. The monoisotopic (exact) mass is 324 g/mol. The minimum absolute atomic E-state index is 0.0283. The van der Waals surface area contributed by atoms with Crippen LogP contribution in [-0.2, 0) is 9.53 Å². The molecule has 1 unspecified atom stereocenters. The summed E-state index contributed by atoms with van der Waals surface area (Å²) < 4.78 is 5.48. The number of rotatable bonds is 4. The standard InChI is InChI=1S/C18H32N2O3/c21-17-18(22,15-19-9-5-12-23-13-11-19)8-4-10-20(17)14-16-6-2-1-3-7-16/h16,22H,1-15H2. The fourth-order valence-electron chi connectivity index (χ4n) is 4.39. The van der Waals surface area contributed by atoms with E-state index in [-0.39, 0.29) is 5.91 Å². The molecule has 1 N–H and O–H groups in total. The molecule has 0 spiro atoms. The largest absolute Gasteiger partial charge is 0.380 e. The van der Waals surface area contributed by atoms with Gasteiger partial charge in [0.05, 0.1) is 6.61 Å². The van der Waals surface area contributed by atoms with Gasteiger partial charge in [-0.1, -0.05) is 19.3 Å². The Morgan fingerprint density at radius 2 is 1.87 bits per heavy atom. The van der Waals surface area contributed by atoms with Crippen molar-refractivity contribution in [3.05, 3.63) is 0 Å². The Kier molecular flexibility index (Phi) is 5.94. The van der Waals surface area contributed by atoms with Crippen molar-refractivity contribution in [2.45, 2.75) is 57.0 Å². The van der Waals surface area contributed by atoms with E-state index >= 15 is 0 Å². The summed E-state index contributed by atoms with van der Waals surface area (Å²) in [4.78, 5) is 17.1. The number of hydrogen-bond acceptors (Lipinski definition) is 4. The first-order valence-corrected chi connectivity index (χ1v) is 9.49. The van der Waals surface area contributed by atoms with Crippen molar-refractivity contribution in [1.29, 1.82) is 0 Å². The molecule has 0 radical (unpaired) electrons. The van der Waals surface area contributed by atoms with Crippen molar-refractivity contribution in [1.82, 2.24) is 9.80 Å². The van der Waals surface area contributed by atoms with Gasteiger partial charge in [0, 0.05) is 39.3 Å². The Balaban J connectivity index is 1.58. The summed E-state index contributed by atoms with van der Waals surface area (Å²) in [6.45, 7) is 5.37. The van der Waals surface area contributed by atoms with Crippen LogP contribution in [0.15, 0.2) is 0 Å². The van der Waals surface area contributed by atoms with E-state index < -0.39 is 5.60 Å². The molecule has 2 saturated heterocycles. The Bertz CT molecular complexity index is 390. The van der Waals surface area contributed by atoms with Gasteiger partial charge in [0.1, 0.15) is 0 Å². The Morgan fingerprint density at radius 3 is 2.70 bits per heavy atom. The zero-order valence-electron chi connectivity index (χ0n) is 14.3. The van der Waals surface area contributed by atoms with E-state index in [2.05, 4.69) is 4.90 Å². The number of carbonyl (C=O) groups is 1. The minimum atomic E-state index is -1.18. The van der Waals surface area contributed by atoms with E-state index in [1.807, 2.05) is 4.90 Å². The topological polar surface area (TPSA) is 53.0 Å². The lowest BCUT2D eigenvalue weighted by Crippen LogP contribution is -2.59. The van der Waals surface area contributed by atoms with Crippen LogP contribution in [0, 0.1) is 5.92 Å². The van der Waals surface area contributed by atoms with Crippen LogP contribution in [0.3, 0.4) is 0 Å². The van der Waals surface area contributed by atoms with Crippen LogP contribution in [0.1, 0.15) is 51.4 Å². The highest BCUT2D eigenvalue weighted by molar-refractivity contribution is 5.86. The molecule has 1 saturated carbocycles. The maximum absolute atomic E-state index is 12.9. The van der Waals surface area contributed by atoms with Crippen LogP contribution in [0.5, 0.6) is 0 Å². The number of ether oxygens (including phenoxy) is 1. The second-order valence-electron chi connectivity index (χ2n) is 7.63. The average Bonchev–Trinajstić information content (AvgIpc) is 2.82. The molecule has 132 valence electrons. The van der Waals surface area contributed by atoms with Crippen LogP contribution in [0.25, 0.3) is 0 Å². The smallest absolute Gasteiger partial charge is 0.255 e. The maximum Gasteiger partial charge on any atom is 0.255 e. The van der Waals surface area contributed by atoms with Crippen molar-refractivity contribution in [2.75, 3.05) is 45.9 Å². The lowest BCUT2D eigenvalue weighted by atomic mass is 9.86. The van der Waals surface area contributed by atoms with Crippen molar-refractivity contribution < 1.29 is 14.6 Å². The Morgan fingerprint density at radius 1 is 1.04 bits per heavy atom. The van der Waals surface area contributed by atoms with E-state index in [1.165, 1.54) is 32.1 Å². The maximum atomic E-state index is 12.9. The molecular weight excluding hydrogens is 292 g/mol. The fourth-order valence-corrected chi connectivity index (χ4v) is 4.39. The normalized spacial score (nSPS) is 32.0. The molecular formula is C18H32N2O3. The van der Waals surface area contributed by atoms with Crippen LogP contribution < -0.4 is 0 Å². The molecule has 23 heavy (non-hydrogen) atoms. The molecule has 0 aromatic heterocycles. The van der Waals surface area contributed by atoms with Gasteiger partial charge >= 0.3 is 0 Å². The minimum Gasteiger partial charge on any atom is -0.380 e. The highest BCUT2D eigenvalue weighted by Crippen LogP contribution is 2.29. The van der Waals surface area contributed by atoms with Crippen LogP contribution in [-0.4, -0.2) is 72.4 Å². The number of β-amino-alcohol motifs (C(OH)–C–C–N with tert-alkyl or cyclic N) is 1. The van der Waals surface area contributed by atoms with Crippen LogP contribution in [0.4, 0.5) is 0 Å². The zero-order chi connectivity index (χ0) is 16.1. The summed E-state index contributed by atoms with van der Waals surface area (Å²) in [5.41, 5.74) is -1.18. The van der Waals surface area contributed by atoms with Crippen LogP contribution in [0.2, 0.25) is 0 Å². The van der Waals surface area contributed by atoms with Gasteiger partial charge in [-0.05, 0) is 38.0 Å². The molecule has 3 aliphatic rings. The molecule has 0 bridgehead atoms. The molecule has 3 rings (SSSR count). The van der Waals surface area contributed by atoms with Gasteiger partial charge in [-0.3, -0.25) is 9.69 Å². The third-order valence-corrected chi connectivity index (χ3v) is 5.71. The van der Waals surface area contributed by atoms with E-state index in [0.717, 1.165) is 45.6 Å². The van der Waals surface area contributed by atoms with Crippen molar-refractivity contribution in [3.8, 4) is 0 Å². The molecule has 5 nitrogen and oxygen atoms in total. The second kappa shape index (κ2) is 7.95. The van der Waals surface area contributed by atoms with E-state index in [9.17, 15) is 9.90 Å². The highest BCUT2D eigenvalue weighted by atomic mass is 16.5.